The van der Waals surface area contributed by atoms with Crippen LogP contribution in [-0.2, 0) is 16.0 Å². The number of aromatic nitrogens is 2. The number of hydrogen-bond donors (Lipinski definition) is 0. The highest BCUT2D eigenvalue weighted by Crippen LogP contribution is 2.49. The van der Waals surface area contributed by atoms with E-state index in [1.165, 1.54) is 12.5 Å². The van der Waals surface area contributed by atoms with Gasteiger partial charge in [0.15, 0.2) is 0 Å². The third-order valence-electron chi connectivity index (χ3n) is 7.50. The van der Waals surface area contributed by atoms with Crippen molar-refractivity contribution in [1.82, 2.24) is 14.9 Å². The van der Waals surface area contributed by atoms with E-state index in [2.05, 4.69) is 14.9 Å². The van der Waals surface area contributed by atoms with Crippen LogP contribution in [0.3, 0.4) is 0 Å². The van der Waals surface area contributed by atoms with Gasteiger partial charge in [0, 0.05) is 32.2 Å². The highest BCUT2D eigenvalue weighted by Gasteiger charge is 2.43. The molecule has 7 nitrogen and oxygen atoms in total. The fourth-order valence-corrected chi connectivity index (χ4v) is 5.45. The van der Waals surface area contributed by atoms with Gasteiger partial charge in [0.05, 0.1) is 43.7 Å². The predicted molar refractivity (Wildman–Crippen MR) is 131 cm³/mol. The molecule has 1 amide bonds. The van der Waals surface area contributed by atoms with E-state index < -0.39 is 0 Å². The molecule has 0 bridgehead atoms. The second kappa shape index (κ2) is 11.1. The molecule has 9 heteroatoms. The largest absolute Gasteiger partial charge is 0.493 e. The third-order valence-corrected chi connectivity index (χ3v) is 7.69. The first kappa shape index (κ1) is 24.3. The summed E-state index contributed by atoms with van der Waals surface area (Å²) >= 11 is 5.89. The van der Waals surface area contributed by atoms with E-state index in [1.54, 1.807) is 29.4 Å². The molecule has 0 radical (unpaired) electrons. The first-order valence-electron chi connectivity index (χ1n) is 12.6. The molecule has 3 aliphatic rings. The summed E-state index contributed by atoms with van der Waals surface area (Å²) in [5, 5.41) is 0.559. The van der Waals surface area contributed by atoms with Crippen LogP contribution in [0.25, 0.3) is 0 Å². The fraction of sp³-hybridized carbons (Fsp3) is 0.577. The SMILES string of the molecule is O=C(Cc1ccc(OCCC2CC2C2CCN(c3ncc(Cl)cn3)CC2)cc1F)N1CCOCC1. The average Bonchev–Trinajstić information content (AvgIpc) is 3.66. The topological polar surface area (TPSA) is 67.8 Å². The minimum absolute atomic E-state index is 0.0628. The van der Waals surface area contributed by atoms with Crippen LogP contribution in [0, 0.1) is 23.6 Å². The molecule has 188 valence electrons. The van der Waals surface area contributed by atoms with Crippen LogP contribution in [0.15, 0.2) is 30.6 Å². The van der Waals surface area contributed by atoms with Crippen molar-refractivity contribution in [3.63, 3.8) is 0 Å². The maximum absolute atomic E-state index is 14.6. The van der Waals surface area contributed by atoms with E-state index >= 15 is 0 Å². The number of ether oxygens (including phenoxy) is 2. The van der Waals surface area contributed by atoms with Crippen LogP contribution in [0.2, 0.25) is 5.02 Å². The Morgan fingerprint density at radius 1 is 1.14 bits per heavy atom. The Morgan fingerprint density at radius 2 is 1.89 bits per heavy atom. The summed E-state index contributed by atoms with van der Waals surface area (Å²) in [6, 6.07) is 4.84. The van der Waals surface area contributed by atoms with Crippen LogP contribution in [0.1, 0.15) is 31.2 Å². The lowest BCUT2D eigenvalue weighted by molar-refractivity contribution is -0.134. The molecule has 3 heterocycles. The second-order valence-corrected chi connectivity index (χ2v) is 10.2. The lowest BCUT2D eigenvalue weighted by Gasteiger charge is -2.32. The Hall–Kier alpha value is -2.45. The van der Waals surface area contributed by atoms with E-state index in [4.69, 9.17) is 21.1 Å². The van der Waals surface area contributed by atoms with Gasteiger partial charge in [0.25, 0.3) is 0 Å². The third kappa shape index (κ3) is 6.22. The molecular formula is C26H32ClFN4O3. The molecule has 1 saturated carbocycles. The first-order chi connectivity index (χ1) is 17.1. The van der Waals surface area contributed by atoms with Gasteiger partial charge < -0.3 is 19.3 Å². The van der Waals surface area contributed by atoms with Crippen molar-refractivity contribution >= 4 is 23.5 Å². The van der Waals surface area contributed by atoms with Crippen molar-refractivity contribution in [2.45, 2.75) is 32.1 Å². The van der Waals surface area contributed by atoms with Crippen LogP contribution in [0.4, 0.5) is 10.3 Å². The molecule has 35 heavy (non-hydrogen) atoms. The van der Waals surface area contributed by atoms with Gasteiger partial charge in [0.1, 0.15) is 11.6 Å². The van der Waals surface area contributed by atoms with Gasteiger partial charge in [-0.05, 0) is 55.1 Å². The van der Waals surface area contributed by atoms with E-state index in [1.807, 2.05) is 0 Å². The highest BCUT2D eigenvalue weighted by atomic mass is 35.5. The smallest absolute Gasteiger partial charge is 0.227 e. The monoisotopic (exact) mass is 502 g/mol. The van der Waals surface area contributed by atoms with Gasteiger partial charge in [-0.1, -0.05) is 17.7 Å². The van der Waals surface area contributed by atoms with E-state index in [0.717, 1.165) is 50.1 Å². The summed E-state index contributed by atoms with van der Waals surface area (Å²) in [7, 11) is 0. The van der Waals surface area contributed by atoms with Gasteiger partial charge in [-0.15, -0.1) is 0 Å². The number of morpholine rings is 1. The van der Waals surface area contributed by atoms with Gasteiger partial charge in [-0.3, -0.25) is 4.79 Å². The summed E-state index contributed by atoms with van der Waals surface area (Å²) in [6.45, 7) is 4.77. The zero-order chi connectivity index (χ0) is 24.2. The number of rotatable bonds is 8. The zero-order valence-corrected chi connectivity index (χ0v) is 20.6. The number of amides is 1. The number of anilines is 1. The van der Waals surface area contributed by atoms with Crippen molar-refractivity contribution in [3.8, 4) is 5.75 Å². The number of hydrogen-bond acceptors (Lipinski definition) is 6. The lowest BCUT2D eigenvalue weighted by Crippen LogP contribution is -2.41. The van der Waals surface area contributed by atoms with Crippen LogP contribution in [-0.4, -0.2) is 66.8 Å². The van der Waals surface area contributed by atoms with Crippen molar-refractivity contribution in [1.29, 1.82) is 0 Å². The van der Waals surface area contributed by atoms with Crippen molar-refractivity contribution in [3.05, 3.63) is 47.0 Å². The maximum Gasteiger partial charge on any atom is 0.227 e. The highest BCUT2D eigenvalue weighted by molar-refractivity contribution is 6.30. The van der Waals surface area contributed by atoms with Gasteiger partial charge >= 0.3 is 0 Å². The minimum Gasteiger partial charge on any atom is -0.493 e. The quantitative estimate of drug-likeness (QED) is 0.543. The molecule has 1 aromatic heterocycles. The second-order valence-electron chi connectivity index (χ2n) is 9.75. The molecule has 2 unspecified atom stereocenters. The van der Waals surface area contributed by atoms with Crippen LogP contribution >= 0.6 is 11.6 Å². The Kier molecular flexibility index (Phi) is 7.68. The summed E-state index contributed by atoms with van der Waals surface area (Å²) < 4.78 is 25.7. The lowest BCUT2D eigenvalue weighted by atomic mass is 9.90. The number of halogens is 2. The number of piperidine rings is 1. The van der Waals surface area contributed by atoms with Crippen molar-refractivity contribution in [2.24, 2.45) is 17.8 Å². The molecule has 1 aliphatic carbocycles. The Labute approximate surface area is 210 Å². The molecule has 0 N–H and O–H groups in total. The van der Waals surface area contributed by atoms with Crippen molar-refractivity contribution < 1.29 is 18.7 Å². The Morgan fingerprint density at radius 3 is 2.60 bits per heavy atom. The number of benzene rings is 1. The van der Waals surface area contributed by atoms with E-state index in [0.29, 0.717) is 55.2 Å². The molecule has 2 atom stereocenters. The molecule has 3 fully saturated rings. The zero-order valence-electron chi connectivity index (χ0n) is 19.9. The summed E-state index contributed by atoms with van der Waals surface area (Å²) in [5.74, 6) is 3.03. The Balaban J connectivity index is 1.02. The van der Waals surface area contributed by atoms with Gasteiger partial charge in [-0.25, -0.2) is 14.4 Å². The first-order valence-corrected chi connectivity index (χ1v) is 12.9. The number of carbonyl (C=O) groups is 1. The number of nitrogens with zero attached hydrogens (tertiary/aromatic N) is 4. The van der Waals surface area contributed by atoms with Crippen LogP contribution in [0.5, 0.6) is 5.75 Å². The predicted octanol–water partition coefficient (Wildman–Crippen LogP) is 3.99. The molecule has 1 aromatic carbocycles. The molecular weight excluding hydrogens is 471 g/mol. The molecule has 2 aliphatic heterocycles. The standard InChI is InChI=1S/C26H32ClFN4O3/c27-21-16-29-26(30-17-21)32-6-3-18(4-7-32)23-13-19(23)5-10-35-22-2-1-20(24(28)15-22)14-25(33)31-8-11-34-12-9-31/h1-2,15-19,23H,3-14H2. The minimum atomic E-state index is -0.384. The number of carbonyl (C=O) groups excluding carboxylic acids is 1. The van der Waals surface area contributed by atoms with Crippen molar-refractivity contribution in [2.75, 3.05) is 50.9 Å². The van der Waals surface area contributed by atoms with Crippen LogP contribution < -0.4 is 9.64 Å². The molecule has 0 spiro atoms. The molecule has 5 rings (SSSR count). The average molecular weight is 503 g/mol. The Bertz CT molecular complexity index is 1010. The molecule has 2 aromatic rings. The van der Waals surface area contributed by atoms with Gasteiger partial charge in [0.2, 0.25) is 11.9 Å². The summed E-state index contributed by atoms with van der Waals surface area (Å²) in [6.07, 6.45) is 7.92. The summed E-state index contributed by atoms with van der Waals surface area (Å²) in [4.78, 5) is 25.0. The van der Waals surface area contributed by atoms with E-state index in [9.17, 15) is 9.18 Å². The fourth-order valence-electron chi connectivity index (χ4n) is 5.35. The van der Waals surface area contributed by atoms with E-state index in [-0.39, 0.29) is 18.1 Å². The molecule has 2 saturated heterocycles. The van der Waals surface area contributed by atoms with Gasteiger partial charge in [-0.2, -0.15) is 0 Å². The summed E-state index contributed by atoms with van der Waals surface area (Å²) in [5.41, 5.74) is 0.409. The normalized spacial score (nSPS) is 22.8. The maximum atomic E-state index is 14.6.